The van der Waals surface area contributed by atoms with Gasteiger partial charge in [0.2, 0.25) is 0 Å². The van der Waals surface area contributed by atoms with Crippen molar-refractivity contribution in [1.29, 1.82) is 0 Å². The number of Topliss-reactive ketones (excluding diaryl/α,β-unsaturated/α-hetero) is 1. The zero-order valence-electron chi connectivity index (χ0n) is 12.3. The first-order valence-corrected chi connectivity index (χ1v) is 7.09. The summed E-state index contributed by atoms with van der Waals surface area (Å²) in [5.74, 6) is 0.219. The van der Waals surface area contributed by atoms with Gasteiger partial charge >= 0.3 is 0 Å². The summed E-state index contributed by atoms with van der Waals surface area (Å²) in [7, 11) is 0. The van der Waals surface area contributed by atoms with Crippen molar-refractivity contribution in [2.45, 2.75) is 47.0 Å². The zero-order chi connectivity index (χ0) is 14.3. The second kappa shape index (κ2) is 4.73. The largest absolute Gasteiger partial charge is 0.294 e. The third-order valence-corrected chi connectivity index (χ3v) is 5.41. The second-order valence-electron chi connectivity index (χ2n) is 6.72. The van der Waals surface area contributed by atoms with Crippen LogP contribution in [0.1, 0.15) is 57.3 Å². The zero-order valence-corrected chi connectivity index (χ0v) is 12.3. The Morgan fingerprint density at radius 1 is 1.21 bits per heavy atom. The van der Waals surface area contributed by atoms with Gasteiger partial charge in [-0.3, -0.25) is 4.79 Å². The van der Waals surface area contributed by atoms with E-state index in [9.17, 15) is 9.18 Å². The van der Waals surface area contributed by atoms with Crippen LogP contribution in [0.5, 0.6) is 0 Å². The van der Waals surface area contributed by atoms with E-state index in [2.05, 4.69) is 27.7 Å². The molecule has 0 radical (unpaired) electrons. The van der Waals surface area contributed by atoms with Crippen molar-refractivity contribution in [3.05, 3.63) is 35.6 Å². The summed E-state index contributed by atoms with van der Waals surface area (Å²) in [5, 5.41) is 0. The van der Waals surface area contributed by atoms with Crippen LogP contribution in [0.4, 0.5) is 4.39 Å². The van der Waals surface area contributed by atoms with Crippen LogP contribution in [0.3, 0.4) is 0 Å². The fourth-order valence-electron chi connectivity index (χ4n) is 3.50. The number of carbonyl (C=O) groups excluding carboxylic acids is 1. The molecule has 1 aliphatic rings. The van der Waals surface area contributed by atoms with Gasteiger partial charge in [-0.15, -0.1) is 0 Å². The fourth-order valence-corrected chi connectivity index (χ4v) is 3.50. The lowest BCUT2D eigenvalue weighted by Crippen LogP contribution is -2.49. The monoisotopic (exact) mass is 262 g/mol. The summed E-state index contributed by atoms with van der Waals surface area (Å²) in [6.07, 6.45) is 3.34. The minimum atomic E-state index is -0.372. The predicted octanol–water partition coefficient (Wildman–Crippen LogP) is 4.86. The molecule has 2 rings (SSSR count). The van der Waals surface area contributed by atoms with Crippen molar-refractivity contribution in [3.8, 4) is 0 Å². The maximum Gasteiger partial charge on any atom is 0.169 e. The smallest absolute Gasteiger partial charge is 0.169 e. The topological polar surface area (TPSA) is 17.1 Å². The van der Waals surface area contributed by atoms with Gasteiger partial charge in [0, 0.05) is 11.0 Å². The molecule has 1 nitrogen and oxygen atoms in total. The molecule has 0 N–H and O–H groups in total. The van der Waals surface area contributed by atoms with Gasteiger partial charge in [0.25, 0.3) is 0 Å². The predicted molar refractivity (Wildman–Crippen MR) is 75.6 cm³/mol. The SMILES string of the molecule is CC1CCCC(C)(C)[C@@]1(C)C(=O)c1ccc(F)cc1. The van der Waals surface area contributed by atoms with E-state index in [0.717, 1.165) is 12.8 Å². The van der Waals surface area contributed by atoms with Gasteiger partial charge in [0.1, 0.15) is 5.82 Å². The number of benzene rings is 1. The molecular formula is C17H23FO. The summed E-state index contributed by atoms with van der Waals surface area (Å²) in [6, 6.07) is 5.97. The molecular weight excluding hydrogens is 239 g/mol. The molecule has 0 amide bonds. The summed E-state index contributed by atoms with van der Waals surface area (Å²) in [4.78, 5) is 12.9. The molecule has 104 valence electrons. The molecule has 1 aliphatic carbocycles. The van der Waals surface area contributed by atoms with E-state index < -0.39 is 0 Å². The molecule has 0 aliphatic heterocycles. The average molecular weight is 262 g/mol. The Morgan fingerprint density at radius 2 is 1.79 bits per heavy atom. The Hall–Kier alpha value is -1.18. The minimum absolute atomic E-state index is 0.0177. The van der Waals surface area contributed by atoms with E-state index in [0.29, 0.717) is 11.5 Å². The van der Waals surface area contributed by atoms with Gasteiger partial charge in [-0.1, -0.05) is 34.1 Å². The third-order valence-electron chi connectivity index (χ3n) is 5.41. The quantitative estimate of drug-likeness (QED) is 0.695. The maximum atomic E-state index is 13.0. The van der Waals surface area contributed by atoms with Gasteiger partial charge in [-0.2, -0.15) is 0 Å². The van der Waals surface area contributed by atoms with E-state index in [4.69, 9.17) is 0 Å². The van der Waals surface area contributed by atoms with Crippen LogP contribution in [0.2, 0.25) is 0 Å². The Morgan fingerprint density at radius 3 is 2.32 bits per heavy atom. The number of rotatable bonds is 2. The summed E-state index contributed by atoms with van der Waals surface area (Å²) < 4.78 is 13.0. The average Bonchev–Trinajstić information content (AvgIpc) is 2.35. The lowest BCUT2D eigenvalue weighted by atomic mass is 9.52. The summed E-state index contributed by atoms with van der Waals surface area (Å²) in [6.45, 7) is 8.62. The molecule has 1 unspecified atom stereocenters. The van der Waals surface area contributed by atoms with E-state index in [-0.39, 0.29) is 22.4 Å². The highest BCUT2D eigenvalue weighted by Crippen LogP contribution is 2.54. The van der Waals surface area contributed by atoms with Gasteiger partial charge in [0.15, 0.2) is 5.78 Å². The highest BCUT2D eigenvalue weighted by atomic mass is 19.1. The van der Waals surface area contributed by atoms with Crippen LogP contribution in [-0.2, 0) is 0 Å². The molecule has 0 saturated heterocycles. The fraction of sp³-hybridized carbons (Fsp3) is 0.588. The molecule has 1 saturated carbocycles. The lowest BCUT2D eigenvalue weighted by molar-refractivity contribution is -0.00230. The highest BCUT2D eigenvalue weighted by Gasteiger charge is 2.52. The van der Waals surface area contributed by atoms with Crippen molar-refractivity contribution >= 4 is 5.78 Å². The van der Waals surface area contributed by atoms with Crippen LogP contribution in [0.25, 0.3) is 0 Å². The van der Waals surface area contributed by atoms with Crippen molar-refractivity contribution in [2.24, 2.45) is 16.7 Å². The second-order valence-corrected chi connectivity index (χ2v) is 6.72. The number of carbonyl (C=O) groups is 1. The first-order chi connectivity index (χ1) is 8.79. The van der Waals surface area contributed by atoms with Gasteiger partial charge in [0.05, 0.1) is 0 Å². The molecule has 2 heteroatoms. The molecule has 1 fully saturated rings. The minimum Gasteiger partial charge on any atom is -0.294 e. The van der Waals surface area contributed by atoms with E-state index in [1.54, 1.807) is 12.1 Å². The highest BCUT2D eigenvalue weighted by molar-refractivity contribution is 6.01. The molecule has 0 bridgehead atoms. The Labute approximate surface area is 115 Å². The first-order valence-electron chi connectivity index (χ1n) is 7.09. The number of hydrogen-bond donors (Lipinski definition) is 0. The molecule has 0 spiro atoms. The van der Waals surface area contributed by atoms with E-state index >= 15 is 0 Å². The van der Waals surface area contributed by atoms with Crippen molar-refractivity contribution in [1.82, 2.24) is 0 Å². The van der Waals surface area contributed by atoms with Crippen LogP contribution in [-0.4, -0.2) is 5.78 Å². The summed E-state index contributed by atoms with van der Waals surface area (Å²) in [5.41, 5.74) is 0.241. The van der Waals surface area contributed by atoms with Crippen LogP contribution < -0.4 is 0 Å². The lowest BCUT2D eigenvalue weighted by Gasteiger charge is -2.51. The van der Waals surface area contributed by atoms with Crippen molar-refractivity contribution in [3.63, 3.8) is 0 Å². The van der Waals surface area contributed by atoms with E-state index in [1.165, 1.54) is 18.6 Å². The van der Waals surface area contributed by atoms with Crippen LogP contribution in [0.15, 0.2) is 24.3 Å². The van der Waals surface area contributed by atoms with Gasteiger partial charge in [-0.25, -0.2) is 4.39 Å². The maximum absolute atomic E-state index is 13.0. The number of ketones is 1. The van der Waals surface area contributed by atoms with Gasteiger partial charge in [-0.05, 0) is 48.4 Å². The van der Waals surface area contributed by atoms with Gasteiger partial charge < -0.3 is 0 Å². The molecule has 1 aromatic carbocycles. The van der Waals surface area contributed by atoms with Crippen molar-refractivity contribution < 1.29 is 9.18 Å². The van der Waals surface area contributed by atoms with E-state index in [1.807, 2.05) is 0 Å². The van der Waals surface area contributed by atoms with Crippen LogP contribution in [0, 0.1) is 22.6 Å². The Balaban J connectivity index is 2.42. The normalized spacial score (nSPS) is 30.1. The van der Waals surface area contributed by atoms with Crippen molar-refractivity contribution in [2.75, 3.05) is 0 Å². The Bertz CT molecular complexity index is 475. The molecule has 0 heterocycles. The standard InChI is InChI=1S/C17H23FO/c1-12-6-5-11-16(2,3)17(12,4)15(19)13-7-9-14(18)10-8-13/h7-10,12H,5-6,11H2,1-4H3/t12?,17-/m1/s1. The molecule has 2 atom stereocenters. The number of hydrogen-bond acceptors (Lipinski definition) is 1. The number of halogens is 1. The summed E-state index contributed by atoms with van der Waals surface area (Å²) >= 11 is 0. The third kappa shape index (κ3) is 2.22. The molecule has 1 aromatic rings. The molecule has 0 aromatic heterocycles. The Kier molecular flexibility index (Phi) is 3.55. The first kappa shape index (κ1) is 14.2. The van der Waals surface area contributed by atoms with Crippen LogP contribution >= 0.6 is 0 Å². The molecule has 19 heavy (non-hydrogen) atoms.